The molecule has 0 bridgehead atoms. The van der Waals surface area contributed by atoms with Crippen LogP contribution in [0.2, 0.25) is 0 Å². The Morgan fingerprint density at radius 1 is 1.57 bits per heavy atom. The van der Waals surface area contributed by atoms with Crippen molar-refractivity contribution in [3.05, 3.63) is 18.0 Å². The summed E-state index contributed by atoms with van der Waals surface area (Å²) in [5.41, 5.74) is 1.01. The lowest BCUT2D eigenvalue weighted by Gasteiger charge is -2.23. The van der Waals surface area contributed by atoms with Crippen molar-refractivity contribution in [2.75, 3.05) is 18.4 Å². The van der Waals surface area contributed by atoms with Crippen LogP contribution in [0.5, 0.6) is 0 Å². The largest absolute Gasteiger partial charge is 0.350 e. The fraction of sp³-hybridized carbons (Fsp3) is 0.600. The van der Waals surface area contributed by atoms with Crippen molar-refractivity contribution >= 4 is 5.95 Å². The average molecular weight is 192 g/mol. The Morgan fingerprint density at radius 2 is 2.50 bits per heavy atom. The summed E-state index contributed by atoms with van der Waals surface area (Å²) >= 11 is 0. The maximum Gasteiger partial charge on any atom is 0.223 e. The quantitative estimate of drug-likeness (QED) is 0.732. The van der Waals surface area contributed by atoms with E-state index in [1.165, 1.54) is 12.8 Å². The third kappa shape index (κ3) is 2.42. The van der Waals surface area contributed by atoms with Crippen LogP contribution in [0.25, 0.3) is 0 Å². The highest BCUT2D eigenvalue weighted by atomic mass is 15.1. The first kappa shape index (κ1) is 9.40. The van der Waals surface area contributed by atoms with Crippen LogP contribution >= 0.6 is 0 Å². The molecule has 1 aromatic rings. The molecule has 1 atom stereocenters. The van der Waals surface area contributed by atoms with Crippen LogP contribution in [-0.2, 0) is 0 Å². The molecule has 2 heterocycles. The van der Waals surface area contributed by atoms with Crippen molar-refractivity contribution in [3.63, 3.8) is 0 Å². The van der Waals surface area contributed by atoms with E-state index in [4.69, 9.17) is 0 Å². The Morgan fingerprint density at radius 3 is 3.21 bits per heavy atom. The van der Waals surface area contributed by atoms with Crippen molar-refractivity contribution in [2.24, 2.45) is 0 Å². The van der Waals surface area contributed by atoms with Gasteiger partial charge in [0.1, 0.15) is 0 Å². The van der Waals surface area contributed by atoms with Gasteiger partial charge in [-0.05, 0) is 32.4 Å². The summed E-state index contributed by atoms with van der Waals surface area (Å²) in [4.78, 5) is 8.50. The average Bonchev–Trinajstić information content (AvgIpc) is 2.19. The molecule has 0 radical (unpaired) electrons. The number of rotatable bonds is 2. The number of nitrogens with one attached hydrogen (secondary N) is 2. The molecule has 76 valence electrons. The Hall–Kier alpha value is -1.16. The molecule has 4 heteroatoms. The van der Waals surface area contributed by atoms with E-state index in [0.717, 1.165) is 24.7 Å². The van der Waals surface area contributed by atoms with E-state index in [9.17, 15) is 0 Å². The Labute approximate surface area is 84.2 Å². The molecule has 0 amide bonds. The third-order valence-corrected chi connectivity index (χ3v) is 2.42. The number of nitrogens with zero attached hydrogens (tertiary/aromatic N) is 2. The molecule has 1 aromatic heterocycles. The topological polar surface area (TPSA) is 49.8 Å². The lowest BCUT2D eigenvalue weighted by Crippen LogP contribution is -2.38. The summed E-state index contributed by atoms with van der Waals surface area (Å²) in [6.45, 7) is 4.12. The Kier molecular flexibility index (Phi) is 2.93. The molecule has 1 aliphatic heterocycles. The number of anilines is 1. The first-order valence-corrected chi connectivity index (χ1v) is 5.11. The first-order valence-electron chi connectivity index (χ1n) is 5.11. The predicted molar refractivity (Wildman–Crippen MR) is 56.3 cm³/mol. The fourth-order valence-electron chi connectivity index (χ4n) is 1.68. The fourth-order valence-corrected chi connectivity index (χ4v) is 1.68. The van der Waals surface area contributed by atoms with Gasteiger partial charge in [-0.2, -0.15) is 0 Å². The molecule has 0 aromatic carbocycles. The number of hydrogen-bond acceptors (Lipinski definition) is 4. The second kappa shape index (κ2) is 4.37. The van der Waals surface area contributed by atoms with Crippen LogP contribution < -0.4 is 10.6 Å². The molecule has 14 heavy (non-hydrogen) atoms. The number of hydrogen-bond donors (Lipinski definition) is 2. The van der Waals surface area contributed by atoms with E-state index in [-0.39, 0.29) is 0 Å². The molecule has 4 nitrogen and oxygen atoms in total. The van der Waals surface area contributed by atoms with Crippen molar-refractivity contribution in [1.29, 1.82) is 0 Å². The molecule has 2 rings (SSSR count). The molecular formula is C10H16N4. The Balaban J connectivity index is 1.95. The van der Waals surface area contributed by atoms with Gasteiger partial charge in [0.25, 0.3) is 0 Å². The van der Waals surface area contributed by atoms with Gasteiger partial charge in [0.15, 0.2) is 0 Å². The van der Waals surface area contributed by atoms with Gasteiger partial charge in [-0.3, -0.25) is 0 Å². The zero-order valence-corrected chi connectivity index (χ0v) is 8.45. The summed E-state index contributed by atoms with van der Waals surface area (Å²) in [5.74, 6) is 0.749. The summed E-state index contributed by atoms with van der Waals surface area (Å²) in [6, 6.07) is 2.38. The highest BCUT2D eigenvalue weighted by Crippen LogP contribution is 2.07. The standard InChI is InChI=1S/C10H16N4/c1-8-4-6-12-10(13-8)14-9-3-2-5-11-7-9/h4,6,9,11H,2-3,5,7H2,1H3,(H,12,13,14)/t9-/m0/s1. The van der Waals surface area contributed by atoms with Gasteiger partial charge in [-0.25, -0.2) is 9.97 Å². The van der Waals surface area contributed by atoms with Crippen LogP contribution in [0.1, 0.15) is 18.5 Å². The van der Waals surface area contributed by atoms with Gasteiger partial charge in [0.05, 0.1) is 0 Å². The zero-order chi connectivity index (χ0) is 9.80. The minimum atomic E-state index is 0.477. The Bertz CT molecular complexity index is 294. The van der Waals surface area contributed by atoms with Crippen LogP contribution in [0, 0.1) is 6.92 Å². The van der Waals surface area contributed by atoms with E-state index in [1.54, 1.807) is 6.20 Å². The van der Waals surface area contributed by atoms with Crippen LogP contribution in [0.15, 0.2) is 12.3 Å². The zero-order valence-electron chi connectivity index (χ0n) is 8.45. The SMILES string of the molecule is Cc1ccnc(N[C@H]2CCCNC2)n1. The van der Waals surface area contributed by atoms with Gasteiger partial charge in [0.2, 0.25) is 5.95 Å². The van der Waals surface area contributed by atoms with E-state index in [0.29, 0.717) is 6.04 Å². The second-order valence-electron chi connectivity index (χ2n) is 3.71. The molecule has 0 aliphatic carbocycles. The maximum atomic E-state index is 4.32. The molecule has 0 spiro atoms. The van der Waals surface area contributed by atoms with Gasteiger partial charge < -0.3 is 10.6 Å². The van der Waals surface area contributed by atoms with Crippen molar-refractivity contribution in [1.82, 2.24) is 15.3 Å². The highest BCUT2D eigenvalue weighted by Gasteiger charge is 2.12. The summed E-state index contributed by atoms with van der Waals surface area (Å²) < 4.78 is 0. The predicted octanol–water partition coefficient (Wildman–Crippen LogP) is 0.949. The monoisotopic (exact) mass is 192 g/mol. The second-order valence-corrected chi connectivity index (χ2v) is 3.71. The molecule has 1 saturated heterocycles. The summed E-state index contributed by atoms with van der Waals surface area (Å²) in [6.07, 6.45) is 4.22. The minimum absolute atomic E-state index is 0.477. The molecule has 1 aliphatic rings. The third-order valence-electron chi connectivity index (χ3n) is 2.42. The number of piperidine rings is 1. The number of aryl methyl sites for hydroxylation is 1. The van der Waals surface area contributed by atoms with E-state index in [1.807, 2.05) is 13.0 Å². The molecule has 0 unspecified atom stereocenters. The number of aromatic nitrogens is 2. The minimum Gasteiger partial charge on any atom is -0.350 e. The van der Waals surface area contributed by atoms with Crippen molar-refractivity contribution in [3.8, 4) is 0 Å². The van der Waals surface area contributed by atoms with Gasteiger partial charge in [0, 0.05) is 24.5 Å². The molecule has 2 N–H and O–H groups in total. The molecular weight excluding hydrogens is 176 g/mol. The van der Waals surface area contributed by atoms with Crippen molar-refractivity contribution in [2.45, 2.75) is 25.8 Å². The van der Waals surface area contributed by atoms with Gasteiger partial charge in [-0.15, -0.1) is 0 Å². The lowest BCUT2D eigenvalue weighted by atomic mass is 10.1. The normalized spacial score (nSPS) is 21.9. The van der Waals surface area contributed by atoms with E-state index >= 15 is 0 Å². The van der Waals surface area contributed by atoms with Crippen LogP contribution in [-0.4, -0.2) is 29.1 Å². The highest BCUT2D eigenvalue weighted by molar-refractivity contribution is 5.26. The molecule has 0 saturated carbocycles. The van der Waals surface area contributed by atoms with Crippen LogP contribution in [0.3, 0.4) is 0 Å². The smallest absolute Gasteiger partial charge is 0.223 e. The van der Waals surface area contributed by atoms with E-state index in [2.05, 4.69) is 20.6 Å². The van der Waals surface area contributed by atoms with Crippen molar-refractivity contribution < 1.29 is 0 Å². The maximum absolute atomic E-state index is 4.32. The van der Waals surface area contributed by atoms with Gasteiger partial charge in [-0.1, -0.05) is 0 Å². The summed E-state index contributed by atoms with van der Waals surface area (Å²) in [5, 5.41) is 6.69. The van der Waals surface area contributed by atoms with Gasteiger partial charge >= 0.3 is 0 Å². The van der Waals surface area contributed by atoms with Crippen LogP contribution in [0.4, 0.5) is 5.95 Å². The molecule has 1 fully saturated rings. The lowest BCUT2D eigenvalue weighted by molar-refractivity contribution is 0.478. The first-order chi connectivity index (χ1) is 6.84. The summed E-state index contributed by atoms with van der Waals surface area (Å²) in [7, 11) is 0. The van der Waals surface area contributed by atoms with E-state index < -0.39 is 0 Å².